The van der Waals surface area contributed by atoms with E-state index in [1.165, 1.54) is 30.3 Å². The highest BCUT2D eigenvalue weighted by Crippen LogP contribution is 2.30. The van der Waals surface area contributed by atoms with Crippen LogP contribution in [0, 0.1) is 23.3 Å². The van der Waals surface area contributed by atoms with E-state index in [2.05, 4.69) is 0 Å². The quantitative estimate of drug-likeness (QED) is 0.368. The van der Waals surface area contributed by atoms with Crippen LogP contribution in [-0.4, -0.2) is 6.61 Å². The summed E-state index contributed by atoms with van der Waals surface area (Å²) in [5, 5.41) is 0. The lowest BCUT2D eigenvalue weighted by atomic mass is 10.0. The van der Waals surface area contributed by atoms with Gasteiger partial charge in [0.05, 0.1) is 6.61 Å². The summed E-state index contributed by atoms with van der Waals surface area (Å²) in [6.45, 7) is 1.93. The van der Waals surface area contributed by atoms with E-state index >= 15 is 0 Å². The topological polar surface area (TPSA) is 9.23 Å². The first-order valence-corrected chi connectivity index (χ1v) is 8.34. The van der Waals surface area contributed by atoms with Gasteiger partial charge in [0.2, 0.25) is 5.82 Å². The highest BCUT2D eigenvalue weighted by Gasteiger charge is 2.15. The van der Waals surface area contributed by atoms with Crippen molar-refractivity contribution in [2.75, 3.05) is 6.61 Å². The van der Waals surface area contributed by atoms with Crippen molar-refractivity contribution in [2.45, 2.75) is 6.92 Å². The SMILES string of the molecule is CCOc1ccc(-c2ccc(/C=C/c3cccc(F)c3F)cc2)c(F)c1F. The molecule has 0 fully saturated rings. The van der Waals surface area contributed by atoms with Gasteiger partial charge in [0.1, 0.15) is 0 Å². The molecule has 138 valence electrons. The van der Waals surface area contributed by atoms with E-state index in [1.54, 1.807) is 37.3 Å². The lowest BCUT2D eigenvalue weighted by molar-refractivity contribution is 0.314. The number of ether oxygens (including phenoxy) is 1. The van der Waals surface area contributed by atoms with Gasteiger partial charge in [0, 0.05) is 11.1 Å². The molecule has 0 radical (unpaired) electrons. The third-order valence-corrected chi connectivity index (χ3v) is 4.01. The third kappa shape index (κ3) is 4.03. The Bertz CT molecular complexity index is 978. The fourth-order valence-corrected chi connectivity index (χ4v) is 2.63. The highest BCUT2D eigenvalue weighted by atomic mass is 19.2. The average Bonchev–Trinajstić information content (AvgIpc) is 2.67. The second-order valence-corrected chi connectivity index (χ2v) is 5.77. The summed E-state index contributed by atoms with van der Waals surface area (Å²) < 4.78 is 60.2. The molecule has 1 nitrogen and oxygen atoms in total. The van der Waals surface area contributed by atoms with E-state index in [0.29, 0.717) is 11.1 Å². The van der Waals surface area contributed by atoms with Gasteiger partial charge in [-0.05, 0) is 36.2 Å². The molecule has 0 saturated carbocycles. The summed E-state index contributed by atoms with van der Waals surface area (Å²) in [4.78, 5) is 0. The number of benzene rings is 3. The van der Waals surface area contributed by atoms with Gasteiger partial charge in [-0.25, -0.2) is 13.2 Å². The fraction of sp³-hybridized carbons (Fsp3) is 0.0909. The van der Waals surface area contributed by atoms with E-state index in [9.17, 15) is 17.6 Å². The van der Waals surface area contributed by atoms with Crippen LogP contribution in [-0.2, 0) is 0 Å². The molecule has 0 bridgehead atoms. The summed E-state index contributed by atoms with van der Waals surface area (Å²) in [7, 11) is 0. The van der Waals surface area contributed by atoms with Crippen molar-refractivity contribution in [2.24, 2.45) is 0 Å². The number of rotatable bonds is 5. The Kier molecular flexibility index (Phi) is 5.60. The number of halogens is 4. The summed E-state index contributed by atoms with van der Waals surface area (Å²) in [5.74, 6) is -3.97. The first kappa shape index (κ1) is 18.7. The van der Waals surface area contributed by atoms with Gasteiger partial charge >= 0.3 is 0 Å². The zero-order valence-corrected chi connectivity index (χ0v) is 14.5. The highest BCUT2D eigenvalue weighted by molar-refractivity contribution is 5.72. The molecule has 3 rings (SSSR count). The van der Waals surface area contributed by atoms with Crippen molar-refractivity contribution in [3.8, 4) is 16.9 Å². The Morgan fingerprint density at radius 3 is 2.22 bits per heavy atom. The van der Waals surface area contributed by atoms with E-state index < -0.39 is 23.3 Å². The van der Waals surface area contributed by atoms with Gasteiger partial charge in [-0.15, -0.1) is 0 Å². The molecular formula is C22H16F4O. The van der Waals surface area contributed by atoms with Crippen LogP contribution in [0.1, 0.15) is 18.1 Å². The van der Waals surface area contributed by atoms with Crippen molar-refractivity contribution in [3.63, 3.8) is 0 Å². The van der Waals surface area contributed by atoms with Crippen LogP contribution in [0.4, 0.5) is 17.6 Å². The monoisotopic (exact) mass is 372 g/mol. The van der Waals surface area contributed by atoms with Crippen molar-refractivity contribution in [1.29, 1.82) is 0 Å². The summed E-state index contributed by atoms with van der Waals surface area (Å²) >= 11 is 0. The predicted octanol–water partition coefficient (Wildman–Crippen LogP) is 6.48. The first-order valence-electron chi connectivity index (χ1n) is 8.34. The largest absolute Gasteiger partial charge is 0.491 e. The molecule has 0 aromatic heterocycles. The molecule has 0 N–H and O–H groups in total. The molecule has 3 aromatic carbocycles. The van der Waals surface area contributed by atoms with Crippen LogP contribution in [0.15, 0.2) is 54.6 Å². The molecule has 3 aromatic rings. The van der Waals surface area contributed by atoms with Crippen LogP contribution in [0.25, 0.3) is 23.3 Å². The Hall–Kier alpha value is -3.08. The normalized spacial score (nSPS) is 11.1. The molecule has 0 atom stereocenters. The van der Waals surface area contributed by atoms with E-state index in [0.717, 1.165) is 6.07 Å². The van der Waals surface area contributed by atoms with E-state index in [4.69, 9.17) is 4.74 Å². The minimum atomic E-state index is -1.03. The fourth-order valence-electron chi connectivity index (χ4n) is 2.63. The smallest absolute Gasteiger partial charge is 0.201 e. The number of hydrogen-bond donors (Lipinski definition) is 0. The van der Waals surface area contributed by atoms with Crippen molar-refractivity contribution in [3.05, 3.63) is 89.0 Å². The maximum atomic E-state index is 14.3. The maximum Gasteiger partial charge on any atom is 0.201 e. The van der Waals surface area contributed by atoms with Gasteiger partial charge in [-0.3, -0.25) is 0 Å². The van der Waals surface area contributed by atoms with Gasteiger partial charge in [-0.1, -0.05) is 48.6 Å². The minimum Gasteiger partial charge on any atom is -0.491 e. The minimum absolute atomic E-state index is 0.114. The Balaban J connectivity index is 1.85. The first-order chi connectivity index (χ1) is 13.0. The molecule has 0 aliphatic carbocycles. The standard InChI is InChI=1S/C22H16F4O/c1-2-27-19-13-12-17(21(25)22(19)26)15-9-6-14(7-10-15)8-11-16-4-3-5-18(23)20(16)24/h3-13H,2H2,1H3/b11-8+. The van der Waals surface area contributed by atoms with Crippen molar-refractivity contribution in [1.82, 2.24) is 0 Å². The predicted molar refractivity (Wildman–Crippen MR) is 98.2 cm³/mol. The third-order valence-electron chi connectivity index (χ3n) is 4.01. The average molecular weight is 372 g/mol. The summed E-state index contributed by atoms with van der Waals surface area (Å²) in [6, 6.07) is 13.4. The molecule has 0 spiro atoms. The molecule has 5 heteroatoms. The van der Waals surface area contributed by atoms with E-state index in [1.807, 2.05) is 0 Å². The summed E-state index contributed by atoms with van der Waals surface area (Å²) in [6.07, 6.45) is 3.06. The van der Waals surface area contributed by atoms with Crippen LogP contribution in [0.3, 0.4) is 0 Å². The van der Waals surface area contributed by atoms with Gasteiger partial charge in [-0.2, -0.15) is 4.39 Å². The van der Waals surface area contributed by atoms with Crippen molar-refractivity contribution < 1.29 is 22.3 Å². The lowest BCUT2D eigenvalue weighted by Gasteiger charge is -2.09. The zero-order chi connectivity index (χ0) is 19.4. The molecule has 0 amide bonds. The molecule has 0 unspecified atom stereocenters. The van der Waals surface area contributed by atoms with Gasteiger partial charge in [0.25, 0.3) is 0 Å². The van der Waals surface area contributed by atoms with Crippen LogP contribution < -0.4 is 4.74 Å². The molecule has 27 heavy (non-hydrogen) atoms. The zero-order valence-electron chi connectivity index (χ0n) is 14.5. The molecule has 0 aliphatic heterocycles. The second-order valence-electron chi connectivity index (χ2n) is 5.77. The molecule has 0 aliphatic rings. The maximum absolute atomic E-state index is 14.3. The Morgan fingerprint density at radius 2 is 1.52 bits per heavy atom. The molecule has 0 saturated heterocycles. The molecule has 0 heterocycles. The Labute approximate surface area is 154 Å². The van der Waals surface area contributed by atoms with Crippen LogP contribution in [0.5, 0.6) is 5.75 Å². The Morgan fingerprint density at radius 1 is 0.778 bits per heavy atom. The van der Waals surface area contributed by atoms with Crippen molar-refractivity contribution >= 4 is 12.2 Å². The summed E-state index contributed by atoms with van der Waals surface area (Å²) in [5.41, 5.74) is 1.43. The lowest BCUT2D eigenvalue weighted by Crippen LogP contribution is -1.98. The number of hydrogen-bond acceptors (Lipinski definition) is 1. The van der Waals surface area contributed by atoms with Crippen LogP contribution in [0.2, 0.25) is 0 Å². The second kappa shape index (κ2) is 8.08. The van der Waals surface area contributed by atoms with E-state index in [-0.39, 0.29) is 23.5 Å². The van der Waals surface area contributed by atoms with Gasteiger partial charge < -0.3 is 4.74 Å². The van der Waals surface area contributed by atoms with Gasteiger partial charge in [0.15, 0.2) is 23.2 Å². The van der Waals surface area contributed by atoms with Crippen LogP contribution >= 0.6 is 0 Å². The molecular weight excluding hydrogens is 356 g/mol.